The summed E-state index contributed by atoms with van der Waals surface area (Å²) in [7, 11) is 0. The summed E-state index contributed by atoms with van der Waals surface area (Å²) in [4.78, 5) is 10.7. The molecular weight excluding hydrogens is 187 g/mol. The molecule has 4 heteroatoms. The van der Waals surface area contributed by atoms with Crippen molar-refractivity contribution in [3.8, 4) is 5.75 Å². The van der Waals surface area contributed by atoms with E-state index in [-0.39, 0.29) is 31.6 Å². The predicted octanol–water partition coefficient (Wildman–Crippen LogP) is -0.450. The third kappa shape index (κ3) is 3.99. The number of unbranched alkanes of at least 4 members (excludes halogenated alkanes) is 1. The average molecular weight is 202 g/mol. The minimum absolute atomic E-state index is 0. The number of hydrogen-bond donors (Lipinski definition) is 2. The summed E-state index contributed by atoms with van der Waals surface area (Å²) in [5.41, 5.74) is 0.945. The third-order valence-electron chi connectivity index (χ3n) is 2.11. The SMILES string of the molecule is CCCCc1ccc(O)c(C(=O)O)c1.[H-].[Li+]. The molecule has 0 aliphatic rings. The number of hydrogen-bond acceptors (Lipinski definition) is 2. The monoisotopic (exact) mass is 202 g/mol. The summed E-state index contributed by atoms with van der Waals surface area (Å²) in [5.74, 6) is -1.25. The van der Waals surface area contributed by atoms with E-state index in [1.807, 2.05) is 0 Å². The number of carbonyl (C=O) groups is 1. The summed E-state index contributed by atoms with van der Waals surface area (Å²) >= 11 is 0. The van der Waals surface area contributed by atoms with Gasteiger partial charge in [-0.25, -0.2) is 4.79 Å². The molecule has 3 nitrogen and oxygen atoms in total. The van der Waals surface area contributed by atoms with Crippen molar-refractivity contribution in [3.63, 3.8) is 0 Å². The summed E-state index contributed by atoms with van der Waals surface area (Å²) < 4.78 is 0. The minimum Gasteiger partial charge on any atom is -1.00 e. The zero-order valence-corrected chi connectivity index (χ0v) is 9.16. The van der Waals surface area contributed by atoms with E-state index in [4.69, 9.17) is 5.11 Å². The molecule has 0 fully saturated rings. The van der Waals surface area contributed by atoms with Gasteiger partial charge in [-0.05, 0) is 30.5 Å². The Morgan fingerprint density at radius 2 is 2.13 bits per heavy atom. The zero-order valence-electron chi connectivity index (χ0n) is 10.2. The maximum atomic E-state index is 10.7. The van der Waals surface area contributed by atoms with Gasteiger partial charge in [-0.15, -0.1) is 0 Å². The fraction of sp³-hybridized carbons (Fsp3) is 0.364. The van der Waals surface area contributed by atoms with Crippen molar-refractivity contribution in [2.75, 3.05) is 0 Å². The Kier molecular flexibility index (Phi) is 6.15. The molecule has 0 aliphatic carbocycles. The molecular formula is C11H15LiO3. The molecule has 0 amide bonds. The fourth-order valence-electron chi connectivity index (χ4n) is 1.29. The number of aryl methyl sites for hydroxylation is 1. The molecule has 0 heterocycles. The Balaban J connectivity index is 0. The maximum Gasteiger partial charge on any atom is 1.00 e. The van der Waals surface area contributed by atoms with Gasteiger partial charge >= 0.3 is 24.8 Å². The van der Waals surface area contributed by atoms with Crippen LogP contribution < -0.4 is 18.9 Å². The number of carboxylic acids is 1. The third-order valence-corrected chi connectivity index (χ3v) is 2.11. The summed E-state index contributed by atoms with van der Waals surface area (Å²) in [5, 5.41) is 18.0. The van der Waals surface area contributed by atoms with Crippen LogP contribution in [0.4, 0.5) is 0 Å². The van der Waals surface area contributed by atoms with Gasteiger partial charge in [0.25, 0.3) is 0 Å². The molecule has 15 heavy (non-hydrogen) atoms. The van der Waals surface area contributed by atoms with Gasteiger partial charge in [0.15, 0.2) is 0 Å². The van der Waals surface area contributed by atoms with Crippen LogP contribution in [0.3, 0.4) is 0 Å². The smallest absolute Gasteiger partial charge is 1.00 e. The first kappa shape index (κ1) is 14.1. The number of aromatic carboxylic acids is 1. The molecule has 0 aliphatic heterocycles. The second-order valence-electron chi connectivity index (χ2n) is 3.26. The van der Waals surface area contributed by atoms with Gasteiger partial charge in [0, 0.05) is 0 Å². The van der Waals surface area contributed by atoms with Crippen LogP contribution in [0, 0.1) is 0 Å². The standard InChI is InChI=1S/C11H14O3.Li.H/c1-2-3-4-8-5-6-10(12)9(7-8)11(13)14;;/h5-7,12H,2-4H2,1H3,(H,13,14);;/q;+1;-1. The van der Waals surface area contributed by atoms with Crippen molar-refractivity contribution in [3.05, 3.63) is 29.3 Å². The number of rotatable bonds is 4. The first-order valence-electron chi connectivity index (χ1n) is 4.70. The van der Waals surface area contributed by atoms with E-state index in [1.54, 1.807) is 6.07 Å². The second-order valence-corrected chi connectivity index (χ2v) is 3.26. The van der Waals surface area contributed by atoms with E-state index in [2.05, 4.69) is 6.92 Å². The van der Waals surface area contributed by atoms with Crippen LogP contribution in [0.2, 0.25) is 0 Å². The molecule has 0 saturated carbocycles. The number of aromatic hydroxyl groups is 1. The molecule has 1 aromatic carbocycles. The largest absolute Gasteiger partial charge is 1.00 e. The van der Waals surface area contributed by atoms with Crippen molar-refractivity contribution in [2.45, 2.75) is 26.2 Å². The Labute approximate surface area is 103 Å². The van der Waals surface area contributed by atoms with Crippen LogP contribution >= 0.6 is 0 Å². The Hall–Kier alpha value is -0.913. The summed E-state index contributed by atoms with van der Waals surface area (Å²) in [6.45, 7) is 2.08. The van der Waals surface area contributed by atoms with Gasteiger partial charge in [-0.3, -0.25) is 0 Å². The minimum atomic E-state index is -1.08. The fourth-order valence-corrected chi connectivity index (χ4v) is 1.29. The topological polar surface area (TPSA) is 57.5 Å². The molecule has 78 valence electrons. The Morgan fingerprint density at radius 3 is 2.67 bits per heavy atom. The van der Waals surface area contributed by atoms with Crippen LogP contribution in [0.15, 0.2) is 18.2 Å². The molecule has 0 bridgehead atoms. The second kappa shape index (κ2) is 6.55. The van der Waals surface area contributed by atoms with Crippen LogP contribution in [0.5, 0.6) is 5.75 Å². The molecule has 1 rings (SSSR count). The number of phenols is 1. The van der Waals surface area contributed by atoms with Gasteiger partial charge < -0.3 is 11.6 Å². The van der Waals surface area contributed by atoms with Crippen molar-refractivity contribution in [2.24, 2.45) is 0 Å². The predicted molar refractivity (Wildman–Crippen MR) is 54.8 cm³/mol. The van der Waals surface area contributed by atoms with Crippen molar-refractivity contribution >= 4 is 5.97 Å². The van der Waals surface area contributed by atoms with Crippen LogP contribution in [0.25, 0.3) is 0 Å². The summed E-state index contributed by atoms with van der Waals surface area (Å²) in [6.07, 6.45) is 2.96. The van der Waals surface area contributed by atoms with Crippen LogP contribution in [-0.4, -0.2) is 16.2 Å². The van der Waals surface area contributed by atoms with E-state index in [9.17, 15) is 9.90 Å². The number of carboxylic acid groups (broad SMARTS) is 1. The summed E-state index contributed by atoms with van der Waals surface area (Å²) in [6, 6.07) is 4.74. The Bertz CT molecular complexity index is 342. The molecule has 0 aromatic heterocycles. The van der Waals surface area contributed by atoms with Crippen molar-refractivity contribution in [1.29, 1.82) is 0 Å². The molecule has 0 unspecified atom stereocenters. The molecule has 0 saturated heterocycles. The zero-order chi connectivity index (χ0) is 10.6. The molecule has 2 N–H and O–H groups in total. The van der Waals surface area contributed by atoms with E-state index < -0.39 is 5.97 Å². The first-order chi connectivity index (χ1) is 6.65. The van der Waals surface area contributed by atoms with Gasteiger partial charge in [0.2, 0.25) is 0 Å². The molecule has 0 atom stereocenters. The molecule has 0 radical (unpaired) electrons. The van der Waals surface area contributed by atoms with Crippen molar-refractivity contribution < 1.29 is 35.3 Å². The van der Waals surface area contributed by atoms with E-state index in [1.165, 1.54) is 12.1 Å². The maximum absolute atomic E-state index is 10.7. The van der Waals surface area contributed by atoms with Crippen molar-refractivity contribution in [1.82, 2.24) is 0 Å². The van der Waals surface area contributed by atoms with Gasteiger partial charge in [0.05, 0.1) is 0 Å². The van der Waals surface area contributed by atoms with Crippen LogP contribution in [0.1, 0.15) is 37.1 Å². The van der Waals surface area contributed by atoms with E-state index in [0.29, 0.717) is 0 Å². The molecule has 0 spiro atoms. The van der Waals surface area contributed by atoms with Gasteiger partial charge in [-0.2, -0.15) is 0 Å². The average Bonchev–Trinajstić information content (AvgIpc) is 2.16. The molecule has 1 aromatic rings. The van der Waals surface area contributed by atoms with Crippen LogP contribution in [-0.2, 0) is 6.42 Å². The van der Waals surface area contributed by atoms with E-state index >= 15 is 0 Å². The quantitative estimate of drug-likeness (QED) is 0.650. The first-order valence-corrected chi connectivity index (χ1v) is 4.70. The number of benzene rings is 1. The van der Waals surface area contributed by atoms with E-state index in [0.717, 1.165) is 24.8 Å². The van der Waals surface area contributed by atoms with Gasteiger partial charge in [-0.1, -0.05) is 19.4 Å². The normalized spacial score (nSPS) is 9.40. The van der Waals surface area contributed by atoms with Gasteiger partial charge in [0.1, 0.15) is 11.3 Å². The Morgan fingerprint density at radius 1 is 1.47 bits per heavy atom.